The number of anilines is 1. The van der Waals surface area contributed by atoms with E-state index in [2.05, 4.69) is 20.8 Å². The number of nitrogens with one attached hydrogen (secondary N) is 2. The number of aromatic nitrogens is 1. The van der Waals surface area contributed by atoms with Crippen LogP contribution in [-0.4, -0.2) is 81.3 Å². The number of amides is 3. The molecular formula is C21H22N7NaO11S2. The first-order valence-electron chi connectivity index (χ1n) is 11.3. The summed E-state index contributed by atoms with van der Waals surface area (Å²) in [6.45, 7) is 2.24. The van der Waals surface area contributed by atoms with Gasteiger partial charge in [0.25, 0.3) is 17.5 Å². The van der Waals surface area contributed by atoms with Crippen LogP contribution in [0.4, 0.5) is 10.8 Å². The molecule has 220 valence electrons. The van der Waals surface area contributed by atoms with Crippen LogP contribution in [0.5, 0.6) is 0 Å². The number of nitro groups is 1. The van der Waals surface area contributed by atoms with Gasteiger partial charge in [0.1, 0.15) is 18.3 Å². The van der Waals surface area contributed by atoms with Crippen LogP contribution in [0, 0.1) is 10.1 Å². The van der Waals surface area contributed by atoms with Gasteiger partial charge < -0.3 is 30.5 Å². The fourth-order valence-electron chi connectivity index (χ4n) is 3.30. The van der Waals surface area contributed by atoms with E-state index >= 15 is 0 Å². The zero-order valence-corrected chi connectivity index (χ0v) is 26.1. The average Bonchev–Trinajstić information content (AvgIpc) is 3.33. The molecule has 1 aliphatic heterocycles. The molecule has 0 radical (unpaired) electrons. The van der Waals surface area contributed by atoms with Gasteiger partial charge in [-0.2, -0.15) is 0 Å². The summed E-state index contributed by atoms with van der Waals surface area (Å²) in [6, 6.07) is 1.61. The van der Waals surface area contributed by atoms with E-state index in [1.54, 1.807) is 0 Å². The van der Waals surface area contributed by atoms with Crippen LogP contribution in [0.2, 0.25) is 0 Å². The number of nitro benzene ring substituents is 1. The molecule has 1 saturated heterocycles. The Balaban J connectivity index is 0.00000616. The smallest absolute Gasteiger partial charge is 0.731 e. The third-order valence-electron chi connectivity index (χ3n) is 5.45. The molecule has 0 spiro atoms. The largest absolute Gasteiger partial charge is 1.00 e. The van der Waals surface area contributed by atoms with Crippen LogP contribution in [-0.2, 0) is 45.7 Å². The molecule has 0 unspecified atom stereocenters. The molecule has 2 aromatic rings. The number of oxime groups is 1. The van der Waals surface area contributed by atoms with Crippen molar-refractivity contribution in [2.75, 3.05) is 12.8 Å². The number of β-lactam (4-membered cyclic amide) rings is 1. The van der Waals surface area contributed by atoms with Crippen molar-refractivity contribution in [2.45, 2.75) is 38.1 Å². The topological polar surface area (TPSA) is 266 Å². The second-order valence-corrected chi connectivity index (χ2v) is 10.9. The van der Waals surface area contributed by atoms with Gasteiger partial charge in [-0.25, -0.2) is 22.5 Å². The number of hydrogen-bond donors (Lipinski definition) is 3. The van der Waals surface area contributed by atoms with Gasteiger partial charge in [0, 0.05) is 24.6 Å². The third-order valence-corrected chi connectivity index (χ3v) is 7.01. The first-order valence-corrected chi connectivity index (χ1v) is 13.5. The minimum Gasteiger partial charge on any atom is -0.731 e. The number of carbonyl (C=O) groups is 4. The van der Waals surface area contributed by atoms with E-state index in [-0.39, 0.29) is 57.0 Å². The molecule has 0 saturated carbocycles. The minimum atomic E-state index is -5.37. The summed E-state index contributed by atoms with van der Waals surface area (Å²) in [5.74, 6) is -4.53. The Morgan fingerprint density at radius 2 is 1.88 bits per heavy atom. The minimum absolute atomic E-state index is 0. The molecule has 3 amide bonds. The zero-order chi connectivity index (χ0) is 30.7. The summed E-state index contributed by atoms with van der Waals surface area (Å²) < 4.78 is 39.2. The van der Waals surface area contributed by atoms with Crippen LogP contribution in [0.25, 0.3) is 0 Å². The van der Waals surface area contributed by atoms with Crippen molar-refractivity contribution < 1.29 is 76.2 Å². The Bertz CT molecular complexity index is 1530. The molecule has 1 aliphatic rings. The van der Waals surface area contributed by atoms with E-state index in [9.17, 15) is 42.3 Å². The Labute approximate surface area is 263 Å². The van der Waals surface area contributed by atoms with Crippen molar-refractivity contribution >= 4 is 61.9 Å². The summed E-state index contributed by atoms with van der Waals surface area (Å²) >= 11 is 0.907. The van der Waals surface area contributed by atoms with Crippen LogP contribution in [0.15, 0.2) is 34.8 Å². The van der Waals surface area contributed by atoms with Gasteiger partial charge in [-0.1, -0.05) is 5.16 Å². The molecule has 42 heavy (non-hydrogen) atoms. The number of carbonyl (C=O) groups excluding carboxylic acids is 4. The molecule has 3 rings (SSSR count). The van der Waals surface area contributed by atoms with Crippen molar-refractivity contribution in [1.82, 2.24) is 19.9 Å². The number of thiazole rings is 1. The Kier molecular flexibility index (Phi) is 11.1. The van der Waals surface area contributed by atoms with Gasteiger partial charge >= 0.3 is 35.5 Å². The predicted molar refractivity (Wildman–Crippen MR) is 137 cm³/mol. The van der Waals surface area contributed by atoms with Crippen LogP contribution in [0.3, 0.4) is 0 Å². The van der Waals surface area contributed by atoms with Gasteiger partial charge in [-0.15, -0.1) is 11.3 Å². The summed E-state index contributed by atoms with van der Waals surface area (Å²) in [5.41, 5.74) is 3.34. The predicted octanol–water partition coefficient (Wildman–Crippen LogP) is -4.22. The first kappa shape index (κ1) is 34.5. The molecule has 2 atom stereocenters. The van der Waals surface area contributed by atoms with Gasteiger partial charge in [0.05, 0.1) is 4.92 Å². The summed E-state index contributed by atoms with van der Waals surface area (Å²) in [4.78, 5) is 69.6. The number of nitrogens with two attached hydrogens (primary N) is 1. The molecule has 18 nitrogen and oxygen atoms in total. The van der Waals surface area contributed by atoms with Gasteiger partial charge in [-0.3, -0.25) is 24.5 Å². The van der Waals surface area contributed by atoms with E-state index < -0.39 is 62.3 Å². The number of non-ortho nitro benzene ring substituents is 1. The molecule has 1 fully saturated rings. The second-order valence-electron chi connectivity index (χ2n) is 8.71. The maximum absolute atomic E-state index is 13.1. The fraction of sp³-hybridized carbons (Fsp3) is 0.333. The molecule has 0 bridgehead atoms. The number of rotatable bonds is 11. The molecular weight excluding hydrogens is 613 g/mol. The van der Waals surface area contributed by atoms with Gasteiger partial charge in [-0.05, 0) is 31.5 Å². The third kappa shape index (κ3) is 7.77. The van der Waals surface area contributed by atoms with Gasteiger partial charge in [0.15, 0.2) is 27.2 Å². The van der Waals surface area contributed by atoms with Crippen LogP contribution >= 0.6 is 11.3 Å². The zero-order valence-electron chi connectivity index (χ0n) is 22.4. The SMILES string of the molecule is CNC(=O)[C@H]1[C@@H](NC(=O)C(=NOC(C)(C)C(=O)OCc2ccc([N+](=O)[O-])cc2)c2csc(N)n2)C(=O)N1S(=O)(=O)[O-].[Na+]. The first-order chi connectivity index (χ1) is 19.1. The maximum atomic E-state index is 13.1. The Hall–Kier alpha value is -3.69. The van der Waals surface area contributed by atoms with Gasteiger partial charge in [0.2, 0.25) is 11.5 Å². The molecule has 21 heteroatoms. The maximum Gasteiger partial charge on any atom is 1.00 e. The molecule has 2 heterocycles. The van der Waals surface area contributed by atoms with E-state index in [1.165, 1.54) is 43.5 Å². The van der Waals surface area contributed by atoms with Crippen molar-refractivity contribution in [3.8, 4) is 0 Å². The number of nitrogens with zero attached hydrogens (tertiary/aromatic N) is 4. The number of likely N-dealkylation sites (N-methyl/N-ethyl adjacent to an activating group) is 1. The van der Waals surface area contributed by atoms with E-state index in [0.717, 1.165) is 18.4 Å². The Morgan fingerprint density at radius 3 is 2.38 bits per heavy atom. The summed E-state index contributed by atoms with van der Waals surface area (Å²) in [6.07, 6.45) is 0. The quantitative estimate of drug-likeness (QED) is 0.0402. The van der Waals surface area contributed by atoms with Crippen LogP contribution < -0.4 is 45.9 Å². The van der Waals surface area contributed by atoms with Crippen molar-refractivity contribution in [3.05, 3.63) is 51.0 Å². The van der Waals surface area contributed by atoms with Crippen LogP contribution in [0.1, 0.15) is 25.1 Å². The summed E-state index contributed by atoms with van der Waals surface area (Å²) in [7, 11) is -4.24. The molecule has 1 aromatic heterocycles. The number of benzene rings is 1. The van der Waals surface area contributed by atoms with Crippen molar-refractivity contribution in [1.29, 1.82) is 0 Å². The number of nitrogen functional groups attached to an aromatic ring is 1. The normalized spacial score (nSPS) is 16.9. The standard InChI is InChI=1S/C21H23N7O11S2.Na/c1-21(2,19(32)38-8-10-4-6-11(7-5-10)28(33)34)39-26-13(12-9-40-20(22)24-12)16(29)25-14-15(17(30)23-3)27(18(14)31)41(35,36)37;/h4-7,9,14-15H,8H2,1-3H3,(H2,22,24)(H,23,30)(H,25,29)(H,35,36,37);/q;+1/p-1/t14-,15-;/m1./s1. The van der Waals surface area contributed by atoms with E-state index in [4.69, 9.17) is 15.3 Å². The van der Waals surface area contributed by atoms with E-state index in [1.807, 2.05) is 0 Å². The molecule has 0 aliphatic carbocycles. The second kappa shape index (κ2) is 13.5. The molecule has 1 aromatic carbocycles. The summed E-state index contributed by atoms with van der Waals surface area (Å²) in [5, 5.41) is 20.0. The number of hydrogen-bond acceptors (Lipinski definition) is 15. The van der Waals surface area contributed by atoms with E-state index in [0.29, 0.717) is 5.56 Å². The molecule has 4 N–H and O–H groups in total. The number of esters is 1. The Morgan fingerprint density at radius 1 is 1.26 bits per heavy atom. The number of ether oxygens (including phenoxy) is 1. The fourth-order valence-corrected chi connectivity index (χ4v) is 4.68. The van der Waals surface area contributed by atoms with Crippen molar-refractivity contribution in [2.24, 2.45) is 5.16 Å². The van der Waals surface area contributed by atoms with Crippen molar-refractivity contribution in [3.63, 3.8) is 0 Å². The monoisotopic (exact) mass is 635 g/mol. The average molecular weight is 636 g/mol.